The molecule has 0 aliphatic heterocycles. The van der Waals surface area contributed by atoms with Crippen LogP contribution in [0.1, 0.15) is 57.3 Å². The molecule has 2 rings (SSSR count). The van der Waals surface area contributed by atoms with Crippen LogP contribution in [-0.4, -0.2) is 15.8 Å². The highest BCUT2D eigenvalue weighted by Crippen LogP contribution is 2.30. The van der Waals surface area contributed by atoms with E-state index in [1.807, 2.05) is 4.68 Å². The molecular weight excluding hydrogens is 272 g/mol. The molecule has 1 atom stereocenters. The van der Waals surface area contributed by atoms with E-state index in [0.717, 1.165) is 35.8 Å². The molecule has 0 saturated heterocycles. The molecule has 0 radical (unpaired) electrons. The molecule has 1 heterocycles. The summed E-state index contributed by atoms with van der Waals surface area (Å²) in [5.41, 5.74) is 5.17. The minimum absolute atomic E-state index is 0.305. The zero-order chi connectivity index (χ0) is 14.5. The lowest BCUT2D eigenvalue weighted by molar-refractivity contribution is 0.265. The van der Waals surface area contributed by atoms with Gasteiger partial charge in [-0.1, -0.05) is 37.8 Å². The van der Waals surface area contributed by atoms with Crippen LogP contribution in [0.4, 0.5) is 0 Å². The highest BCUT2D eigenvalue weighted by atomic mass is 35.5. The monoisotopic (exact) mass is 298 g/mol. The first-order valence-corrected chi connectivity index (χ1v) is 8.29. The van der Waals surface area contributed by atoms with Gasteiger partial charge in [-0.3, -0.25) is 16.0 Å². The molecule has 1 fully saturated rings. The number of nitrogens with one attached hydrogen (secondary N) is 1. The summed E-state index contributed by atoms with van der Waals surface area (Å²) in [4.78, 5) is 0. The fraction of sp³-hybridized carbons (Fsp3) is 0.800. The summed E-state index contributed by atoms with van der Waals surface area (Å²) < 4.78 is 2.04. The molecule has 0 spiro atoms. The highest BCUT2D eigenvalue weighted by molar-refractivity contribution is 6.31. The van der Waals surface area contributed by atoms with Gasteiger partial charge in [0.15, 0.2) is 0 Å². The summed E-state index contributed by atoms with van der Waals surface area (Å²) in [6.45, 7) is 5.06. The van der Waals surface area contributed by atoms with Crippen LogP contribution >= 0.6 is 11.6 Å². The van der Waals surface area contributed by atoms with Crippen molar-refractivity contribution in [3.63, 3.8) is 0 Å². The Hall–Kier alpha value is -0.580. The zero-order valence-corrected chi connectivity index (χ0v) is 13.4. The second-order valence-corrected chi connectivity index (χ2v) is 6.13. The maximum Gasteiger partial charge on any atom is 0.0850 e. The molecule has 5 heteroatoms. The molecular formula is C15H27ClN4. The van der Waals surface area contributed by atoms with Gasteiger partial charge in [0.05, 0.1) is 16.4 Å². The molecule has 1 saturated carbocycles. The molecule has 1 aliphatic carbocycles. The predicted octanol–water partition coefficient (Wildman–Crippen LogP) is 3.07. The Morgan fingerprint density at radius 1 is 1.35 bits per heavy atom. The number of nitrogens with zero attached hydrogens (tertiary/aromatic N) is 2. The number of hydrogen-bond acceptors (Lipinski definition) is 3. The van der Waals surface area contributed by atoms with Gasteiger partial charge in [-0.2, -0.15) is 5.10 Å². The molecule has 20 heavy (non-hydrogen) atoms. The van der Waals surface area contributed by atoms with Crippen molar-refractivity contribution in [2.45, 2.75) is 71.4 Å². The molecule has 1 aromatic rings. The SMILES string of the molecule is CCc1nn(CC)c(CC(NN)C2CCCCC2)c1Cl. The van der Waals surface area contributed by atoms with E-state index in [2.05, 4.69) is 24.4 Å². The Balaban J connectivity index is 2.15. The average Bonchev–Trinajstić information content (AvgIpc) is 2.81. The first kappa shape index (κ1) is 15.8. The Bertz CT molecular complexity index is 424. The second-order valence-electron chi connectivity index (χ2n) is 5.75. The van der Waals surface area contributed by atoms with Gasteiger partial charge in [-0.05, 0) is 32.1 Å². The summed E-state index contributed by atoms with van der Waals surface area (Å²) in [5.74, 6) is 6.47. The normalized spacial score (nSPS) is 18.4. The van der Waals surface area contributed by atoms with E-state index in [1.165, 1.54) is 32.1 Å². The summed E-state index contributed by atoms with van der Waals surface area (Å²) >= 11 is 6.50. The number of aryl methyl sites for hydroxylation is 2. The van der Waals surface area contributed by atoms with Gasteiger partial charge in [-0.15, -0.1) is 0 Å². The molecule has 3 N–H and O–H groups in total. The summed E-state index contributed by atoms with van der Waals surface area (Å²) in [7, 11) is 0. The van der Waals surface area contributed by atoms with Crippen molar-refractivity contribution in [3.05, 3.63) is 16.4 Å². The van der Waals surface area contributed by atoms with Crippen molar-refractivity contribution in [3.8, 4) is 0 Å². The van der Waals surface area contributed by atoms with Crippen molar-refractivity contribution < 1.29 is 0 Å². The fourth-order valence-corrected chi connectivity index (χ4v) is 3.66. The molecule has 1 unspecified atom stereocenters. The van der Waals surface area contributed by atoms with Gasteiger partial charge >= 0.3 is 0 Å². The highest BCUT2D eigenvalue weighted by Gasteiger charge is 2.26. The Kier molecular flexibility index (Phi) is 5.87. The lowest BCUT2D eigenvalue weighted by Crippen LogP contribution is -2.43. The Morgan fingerprint density at radius 3 is 2.60 bits per heavy atom. The van der Waals surface area contributed by atoms with Gasteiger partial charge in [0.2, 0.25) is 0 Å². The van der Waals surface area contributed by atoms with Gasteiger partial charge < -0.3 is 0 Å². The Morgan fingerprint density at radius 2 is 2.05 bits per heavy atom. The summed E-state index contributed by atoms with van der Waals surface area (Å²) in [6, 6.07) is 0.305. The van der Waals surface area contributed by atoms with Crippen molar-refractivity contribution in [1.82, 2.24) is 15.2 Å². The molecule has 1 aliphatic rings. The first-order chi connectivity index (χ1) is 9.71. The number of rotatable bonds is 6. The summed E-state index contributed by atoms with van der Waals surface area (Å²) in [6.07, 6.45) is 8.31. The third-order valence-corrected chi connectivity index (χ3v) is 4.98. The fourth-order valence-electron chi connectivity index (χ4n) is 3.32. The quantitative estimate of drug-likeness (QED) is 0.627. The topological polar surface area (TPSA) is 55.9 Å². The second kappa shape index (κ2) is 7.43. The lowest BCUT2D eigenvalue weighted by atomic mass is 9.82. The first-order valence-electron chi connectivity index (χ1n) is 7.91. The number of halogens is 1. The largest absolute Gasteiger partial charge is 0.271 e. The van der Waals surface area contributed by atoms with Crippen LogP contribution in [-0.2, 0) is 19.4 Å². The van der Waals surface area contributed by atoms with Crippen LogP contribution in [0.2, 0.25) is 5.02 Å². The minimum atomic E-state index is 0.305. The van der Waals surface area contributed by atoms with Gasteiger partial charge in [-0.25, -0.2) is 0 Å². The lowest BCUT2D eigenvalue weighted by Gasteiger charge is -2.30. The van der Waals surface area contributed by atoms with Crippen LogP contribution in [0.15, 0.2) is 0 Å². The zero-order valence-electron chi connectivity index (χ0n) is 12.7. The smallest absolute Gasteiger partial charge is 0.0850 e. The van der Waals surface area contributed by atoms with E-state index >= 15 is 0 Å². The molecule has 0 amide bonds. The van der Waals surface area contributed by atoms with E-state index in [0.29, 0.717) is 12.0 Å². The molecule has 0 bridgehead atoms. The Labute approximate surface area is 127 Å². The van der Waals surface area contributed by atoms with Gasteiger partial charge in [0, 0.05) is 19.0 Å². The number of hydrogen-bond donors (Lipinski definition) is 2. The van der Waals surface area contributed by atoms with Crippen LogP contribution in [0.5, 0.6) is 0 Å². The standard InChI is InChI=1S/C15H27ClN4/c1-3-12-15(16)14(20(4-2)19-12)10-13(18-17)11-8-6-5-7-9-11/h11,13,18H,3-10,17H2,1-2H3. The van der Waals surface area contributed by atoms with Crippen LogP contribution in [0.25, 0.3) is 0 Å². The van der Waals surface area contributed by atoms with Crippen molar-refractivity contribution in [2.75, 3.05) is 0 Å². The van der Waals surface area contributed by atoms with E-state index in [9.17, 15) is 0 Å². The predicted molar refractivity (Wildman–Crippen MR) is 83.7 cm³/mol. The van der Waals surface area contributed by atoms with Crippen LogP contribution in [0, 0.1) is 5.92 Å². The van der Waals surface area contributed by atoms with E-state index in [1.54, 1.807) is 0 Å². The van der Waals surface area contributed by atoms with Gasteiger partial charge in [0.1, 0.15) is 0 Å². The number of aromatic nitrogens is 2. The maximum absolute atomic E-state index is 6.50. The van der Waals surface area contributed by atoms with Crippen molar-refractivity contribution in [1.29, 1.82) is 0 Å². The van der Waals surface area contributed by atoms with Crippen LogP contribution < -0.4 is 11.3 Å². The molecule has 0 aromatic carbocycles. The van der Waals surface area contributed by atoms with E-state index in [4.69, 9.17) is 17.4 Å². The van der Waals surface area contributed by atoms with Crippen molar-refractivity contribution in [2.24, 2.45) is 11.8 Å². The maximum atomic E-state index is 6.50. The number of nitrogens with two attached hydrogens (primary N) is 1. The number of hydrazine groups is 1. The minimum Gasteiger partial charge on any atom is -0.271 e. The molecule has 4 nitrogen and oxygen atoms in total. The third kappa shape index (κ3) is 3.35. The van der Waals surface area contributed by atoms with E-state index < -0.39 is 0 Å². The molecule has 1 aromatic heterocycles. The third-order valence-electron chi connectivity index (χ3n) is 4.54. The van der Waals surface area contributed by atoms with E-state index in [-0.39, 0.29) is 0 Å². The van der Waals surface area contributed by atoms with Crippen LogP contribution in [0.3, 0.4) is 0 Å². The molecule has 114 valence electrons. The summed E-state index contributed by atoms with van der Waals surface area (Å²) in [5, 5.41) is 5.43. The average molecular weight is 299 g/mol. The van der Waals surface area contributed by atoms with Gasteiger partial charge in [0.25, 0.3) is 0 Å². The van der Waals surface area contributed by atoms with Crippen molar-refractivity contribution >= 4 is 11.6 Å².